The molecule has 5 heteroatoms. The van der Waals surface area contributed by atoms with Crippen LogP contribution in [0.4, 0.5) is 0 Å². The molecule has 1 N–H and O–H groups in total. The summed E-state index contributed by atoms with van der Waals surface area (Å²) in [5.41, 5.74) is 1.59. The third-order valence-corrected chi connectivity index (χ3v) is 6.02. The summed E-state index contributed by atoms with van der Waals surface area (Å²) in [5, 5.41) is 7.21. The predicted molar refractivity (Wildman–Crippen MR) is 102 cm³/mol. The highest BCUT2D eigenvalue weighted by Crippen LogP contribution is 2.28. The van der Waals surface area contributed by atoms with Crippen LogP contribution in [0.3, 0.4) is 0 Å². The summed E-state index contributed by atoms with van der Waals surface area (Å²) in [5.74, 6) is 0.846. The van der Waals surface area contributed by atoms with Gasteiger partial charge in [0.1, 0.15) is 5.71 Å². The lowest BCUT2D eigenvalue weighted by Gasteiger charge is -2.33. The van der Waals surface area contributed by atoms with Crippen LogP contribution in [0.5, 0.6) is 0 Å². The summed E-state index contributed by atoms with van der Waals surface area (Å²) in [6.45, 7) is 3.44. The molecule has 2 fully saturated rings. The minimum Gasteiger partial charge on any atom is -0.387 e. The molecular weight excluding hydrogens is 326 g/mol. The number of oxime groups is 1. The van der Waals surface area contributed by atoms with E-state index in [0.717, 1.165) is 37.4 Å². The highest BCUT2D eigenvalue weighted by atomic mass is 16.6. The van der Waals surface area contributed by atoms with Crippen molar-refractivity contribution in [2.24, 2.45) is 11.1 Å². The summed E-state index contributed by atoms with van der Waals surface area (Å²) in [4.78, 5) is 20.6. The fraction of sp³-hybridized carbons (Fsp3) is 0.619. The molecule has 140 valence electrons. The van der Waals surface area contributed by atoms with E-state index < -0.39 is 0 Å². The van der Waals surface area contributed by atoms with Gasteiger partial charge in [0.25, 0.3) is 5.91 Å². The highest BCUT2D eigenvalue weighted by molar-refractivity contribution is 6.39. The molecule has 3 aliphatic rings. The number of rotatable bonds is 5. The van der Waals surface area contributed by atoms with Gasteiger partial charge in [0.05, 0.1) is 0 Å². The van der Waals surface area contributed by atoms with Crippen LogP contribution in [0.15, 0.2) is 35.5 Å². The molecule has 1 aromatic rings. The Morgan fingerprint density at radius 3 is 2.58 bits per heavy atom. The Morgan fingerprint density at radius 1 is 1.12 bits per heavy atom. The molecule has 1 amide bonds. The van der Waals surface area contributed by atoms with Gasteiger partial charge in [-0.25, -0.2) is 0 Å². The van der Waals surface area contributed by atoms with Crippen LogP contribution in [0.25, 0.3) is 0 Å². The third-order valence-electron chi connectivity index (χ3n) is 6.02. The topological polar surface area (TPSA) is 53.9 Å². The number of nitrogens with zero attached hydrogens (tertiary/aromatic N) is 2. The van der Waals surface area contributed by atoms with Gasteiger partial charge in [0.2, 0.25) is 0 Å². The minimum atomic E-state index is -0.134. The molecule has 1 atom stereocenters. The van der Waals surface area contributed by atoms with Crippen molar-refractivity contribution < 1.29 is 9.63 Å². The van der Waals surface area contributed by atoms with E-state index in [9.17, 15) is 4.79 Å². The zero-order valence-corrected chi connectivity index (χ0v) is 15.4. The minimum absolute atomic E-state index is 0.0577. The molecule has 26 heavy (non-hydrogen) atoms. The molecule has 0 aromatic heterocycles. The van der Waals surface area contributed by atoms with E-state index in [1.165, 1.54) is 32.2 Å². The molecule has 0 bridgehead atoms. The summed E-state index contributed by atoms with van der Waals surface area (Å²) in [6.07, 6.45) is 8.11. The maximum Gasteiger partial charge on any atom is 0.269 e. The Hall–Kier alpha value is -1.88. The van der Waals surface area contributed by atoms with Crippen LogP contribution in [0.1, 0.15) is 56.6 Å². The van der Waals surface area contributed by atoms with Crippen molar-refractivity contribution in [2.45, 2.75) is 57.1 Å². The Bertz CT molecular complexity index is 632. The van der Waals surface area contributed by atoms with Gasteiger partial charge >= 0.3 is 0 Å². The Kier molecular flexibility index (Phi) is 5.54. The van der Waals surface area contributed by atoms with Gasteiger partial charge in [-0.05, 0) is 37.2 Å². The monoisotopic (exact) mass is 355 g/mol. The van der Waals surface area contributed by atoms with Crippen LogP contribution in [0, 0.1) is 5.92 Å². The van der Waals surface area contributed by atoms with Crippen LogP contribution in [-0.2, 0) is 9.63 Å². The Balaban J connectivity index is 1.21. The van der Waals surface area contributed by atoms with Gasteiger partial charge in [-0.1, -0.05) is 48.3 Å². The molecule has 1 saturated carbocycles. The molecule has 4 rings (SSSR count). The maximum absolute atomic E-state index is 12.5. The van der Waals surface area contributed by atoms with Gasteiger partial charge in [-0.15, -0.1) is 0 Å². The third kappa shape index (κ3) is 4.26. The highest BCUT2D eigenvalue weighted by Gasteiger charge is 2.30. The second-order valence-corrected chi connectivity index (χ2v) is 7.95. The van der Waals surface area contributed by atoms with E-state index in [1.54, 1.807) is 0 Å². The van der Waals surface area contributed by atoms with Crippen molar-refractivity contribution in [1.29, 1.82) is 0 Å². The fourth-order valence-corrected chi connectivity index (χ4v) is 4.44. The normalized spacial score (nSPS) is 25.1. The molecule has 1 saturated heterocycles. The first-order chi connectivity index (χ1) is 12.8. The molecule has 1 aliphatic carbocycles. The predicted octanol–water partition coefficient (Wildman–Crippen LogP) is 3.27. The van der Waals surface area contributed by atoms with E-state index in [2.05, 4.69) is 15.4 Å². The number of carbonyl (C=O) groups is 1. The Morgan fingerprint density at radius 2 is 1.85 bits per heavy atom. The van der Waals surface area contributed by atoms with Gasteiger partial charge in [-0.3, -0.25) is 4.79 Å². The number of nitrogens with one attached hydrogen (secondary N) is 1. The molecular formula is C21H29N3O2. The summed E-state index contributed by atoms with van der Waals surface area (Å²) < 4.78 is 0. The van der Waals surface area contributed by atoms with Crippen LogP contribution in [-0.4, -0.2) is 42.2 Å². The van der Waals surface area contributed by atoms with Gasteiger partial charge in [0.15, 0.2) is 6.10 Å². The Labute approximate surface area is 155 Å². The maximum atomic E-state index is 12.5. The molecule has 2 heterocycles. The number of piperidine rings is 1. The number of hydrogen-bond acceptors (Lipinski definition) is 4. The lowest BCUT2D eigenvalue weighted by Crippen LogP contribution is -2.47. The van der Waals surface area contributed by atoms with Crippen LogP contribution in [0.2, 0.25) is 0 Å². The van der Waals surface area contributed by atoms with Gasteiger partial charge < -0.3 is 15.1 Å². The van der Waals surface area contributed by atoms with Crippen molar-refractivity contribution in [1.82, 2.24) is 10.2 Å². The van der Waals surface area contributed by atoms with Crippen molar-refractivity contribution >= 4 is 11.6 Å². The summed E-state index contributed by atoms with van der Waals surface area (Å²) in [7, 11) is 0. The first-order valence-corrected chi connectivity index (χ1v) is 10.1. The largest absolute Gasteiger partial charge is 0.387 e. The van der Waals surface area contributed by atoms with Gasteiger partial charge in [-0.2, -0.15) is 0 Å². The molecule has 2 aliphatic heterocycles. The lowest BCUT2D eigenvalue weighted by atomic mass is 10.0. The van der Waals surface area contributed by atoms with E-state index in [4.69, 9.17) is 4.84 Å². The van der Waals surface area contributed by atoms with Crippen molar-refractivity contribution in [2.75, 3.05) is 19.6 Å². The molecule has 5 nitrogen and oxygen atoms in total. The SMILES string of the molecule is O=C(NC1CCN(CC2CCCC2)CC1)C1=NOC(c2ccccc2)C1. The second-order valence-electron chi connectivity index (χ2n) is 7.95. The number of likely N-dealkylation sites (tertiary alicyclic amines) is 1. The summed E-state index contributed by atoms with van der Waals surface area (Å²) in [6, 6.07) is 10.2. The molecule has 0 radical (unpaired) electrons. The van der Waals surface area contributed by atoms with Crippen molar-refractivity contribution in [3.63, 3.8) is 0 Å². The van der Waals surface area contributed by atoms with Crippen molar-refractivity contribution in [3.05, 3.63) is 35.9 Å². The zero-order valence-electron chi connectivity index (χ0n) is 15.4. The van der Waals surface area contributed by atoms with Crippen LogP contribution >= 0.6 is 0 Å². The zero-order chi connectivity index (χ0) is 17.8. The fourth-order valence-electron chi connectivity index (χ4n) is 4.44. The first kappa shape index (κ1) is 17.5. The average molecular weight is 355 g/mol. The molecule has 0 spiro atoms. The first-order valence-electron chi connectivity index (χ1n) is 10.1. The molecule has 1 unspecified atom stereocenters. The lowest BCUT2D eigenvalue weighted by molar-refractivity contribution is -0.115. The molecule has 1 aromatic carbocycles. The van der Waals surface area contributed by atoms with E-state index >= 15 is 0 Å². The quantitative estimate of drug-likeness (QED) is 0.882. The number of hydrogen-bond donors (Lipinski definition) is 1. The van der Waals surface area contributed by atoms with E-state index in [1.807, 2.05) is 30.3 Å². The smallest absolute Gasteiger partial charge is 0.269 e. The summed E-state index contributed by atoms with van der Waals surface area (Å²) >= 11 is 0. The number of carbonyl (C=O) groups excluding carboxylic acids is 1. The van der Waals surface area contributed by atoms with E-state index in [-0.39, 0.29) is 18.1 Å². The van der Waals surface area contributed by atoms with Crippen LogP contribution < -0.4 is 5.32 Å². The number of benzene rings is 1. The standard InChI is InChI=1S/C21H29N3O2/c25-21(19-14-20(26-23-19)17-8-2-1-3-9-17)22-18-10-12-24(13-11-18)15-16-6-4-5-7-16/h1-3,8-9,16,18,20H,4-7,10-15H2,(H,22,25). The van der Waals surface area contributed by atoms with Gasteiger partial charge in [0, 0.05) is 32.1 Å². The second kappa shape index (κ2) is 8.21. The van der Waals surface area contributed by atoms with Crippen molar-refractivity contribution in [3.8, 4) is 0 Å². The average Bonchev–Trinajstić information content (AvgIpc) is 3.36. The number of amides is 1. The van der Waals surface area contributed by atoms with E-state index in [0.29, 0.717) is 12.1 Å².